The number of carbonyl (C=O) groups is 2. The third-order valence-electron chi connectivity index (χ3n) is 2.48. The molecule has 0 spiro atoms. The number of methoxy groups -OCH3 is 1. The van der Waals surface area contributed by atoms with Crippen LogP contribution in [0, 0.1) is 5.82 Å². The monoisotopic (exact) mass is 295 g/mol. The normalized spacial score (nSPS) is 10.5. The number of rotatable bonds is 6. The third-order valence-corrected chi connectivity index (χ3v) is 2.48. The van der Waals surface area contributed by atoms with Crippen LogP contribution in [0.4, 0.5) is 10.1 Å². The molecule has 1 rings (SSSR count). The van der Waals surface area contributed by atoms with Gasteiger partial charge in [-0.15, -0.1) is 0 Å². The number of benzene rings is 1. The number of carbonyl (C=O) groups excluding carboxylic acids is 2. The molecular formula is C15H18FNO4. The molecule has 1 aromatic carbocycles. The number of hydrogen-bond acceptors (Lipinski definition) is 4. The summed E-state index contributed by atoms with van der Waals surface area (Å²) in [6.45, 7) is 3.36. The Balaban J connectivity index is 2.97. The van der Waals surface area contributed by atoms with Crippen molar-refractivity contribution in [3.8, 4) is 5.75 Å². The quantitative estimate of drug-likeness (QED) is 0.820. The van der Waals surface area contributed by atoms with Crippen LogP contribution in [0.15, 0.2) is 18.2 Å². The highest BCUT2D eigenvalue weighted by Gasteiger charge is 2.10. The Hall–Kier alpha value is -2.37. The van der Waals surface area contributed by atoms with Gasteiger partial charge in [0.1, 0.15) is 0 Å². The zero-order chi connectivity index (χ0) is 15.8. The molecule has 1 N–H and O–H groups in total. The summed E-state index contributed by atoms with van der Waals surface area (Å²) in [5.41, 5.74) is 0.738. The Bertz CT molecular complexity index is 555. The van der Waals surface area contributed by atoms with E-state index in [4.69, 9.17) is 9.47 Å². The molecule has 0 fully saturated rings. The molecule has 1 amide bonds. The lowest BCUT2D eigenvalue weighted by atomic mass is 10.1. The maximum atomic E-state index is 13.9. The van der Waals surface area contributed by atoms with Gasteiger partial charge in [0, 0.05) is 24.2 Å². The Kier molecular flexibility index (Phi) is 6.39. The van der Waals surface area contributed by atoms with Crippen molar-refractivity contribution in [3.63, 3.8) is 0 Å². The molecule has 6 heteroatoms. The lowest BCUT2D eigenvalue weighted by Gasteiger charge is -2.10. The van der Waals surface area contributed by atoms with E-state index in [2.05, 4.69) is 5.32 Å². The Morgan fingerprint density at radius 3 is 2.67 bits per heavy atom. The minimum Gasteiger partial charge on any atom is -0.493 e. The summed E-state index contributed by atoms with van der Waals surface area (Å²) >= 11 is 0. The van der Waals surface area contributed by atoms with Gasteiger partial charge in [0.15, 0.2) is 11.6 Å². The second-order valence-corrected chi connectivity index (χ2v) is 4.17. The fourth-order valence-corrected chi connectivity index (χ4v) is 1.73. The predicted molar refractivity (Wildman–Crippen MR) is 77.5 cm³/mol. The molecule has 114 valence electrons. The zero-order valence-corrected chi connectivity index (χ0v) is 12.2. The van der Waals surface area contributed by atoms with Gasteiger partial charge >= 0.3 is 5.97 Å². The van der Waals surface area contributed by atoms with E-state index in [1.807, 2.05) is 0 Å². The molecule has 0 radical (unpaired) electrons. The molecule has 21 heavy (non-hydrogen) atoms. The summed E-state index contributed by atoms with van der Waals surface area (Å²) in [5.74, 6) is -1.23. The SMILES string of the molecule is CCOC(=O)C/C=C\c1cc(NC(C)=O)cc(F)c1OC. The smallest absolute Gasteiger partial charge is 0.309 e. The Morgan fingerprint density at radius 2 is 2.10 bits per heavy atom. The molecule has 0 saturated carbocycles. The first-order chi connectivity index (χ1) is 9.97. The maximum absolute atomic E-state index is 13.9. The number of amides is 1. The average Bonchev–Trinajstić information content (AvgIpc) is 2.38. The van der Waals surface area contributed by atoms with Gasteiger partial charge in [0.05, 0.1) is 20.1 Å². The topological polar surface area (TPSA) is 64.6 Å². The Morgan fingerprint density at radius 1 is 1.38 bits per heavy atom. The van der Waals surface area contributed by atoms with E-state index in [-0.39, 0.29) is 24.0 Å². The van der Waals surface area contributed by atoms with Crippen molar-refractivity contribution in [1.29, 1.82) is 0 Å². The van der Waals surface area contributed by atoms with Gasteiger partial charge in [0.2, 0.25) is 5.91 Å². The Labute approximate surface area is 122 Å². The van der Waals surface area contributed by atoms with E-state index >= 15 is 0 Å². The van der Waals surface area contributed by atoms with Crippen LogP contribution in [0.25, 0.3) is 6.08 Å². The first kappa shape index (κ1) is 16.7. The number of hydrogen-bond donors (Lipinski definition) is 1. The lowest BCUT2D eigenvalue weighted by molar-refractivity contribution is -0.142. The summed E-state index contributed by atoms with van der Waals surface area (Å²) in [4.78, 5) is 22.3. The minimum atomic E-state index is -0.598. The van der Waals surface area contributed by atoms with Gasteiger partial charge < -0.3 is 14.8 Å². The standard InChI is InChI=1S/C15H18FNO4/c1-4-21-14(19)7-5-6-11-8-12(17-10(2)18)9-13(16)15(11)20-3/h5-6,8-9H,4,7H2,1-3H3,(H,17,18)/b6-5-. The summed E-state index contributed by atoms with van der Waals surface area (Å²) in [5, 5.41) is 2.50. The van der Waals surface area contributed by atoms with Crippen molar-refractivity contribution < 1.29 is 23.5 Å². The zero-order valence-electron chi connectivity index (χ0n) is 12.2. The molecular weight excluding hydrogens is 277 g/mol. The van der Waals surface area contributed by atoms with Crippen molar-refractivity contribution in [2.75, 3.05) is 19.0 Å². The van der Waals surface area contributed by atoms with E-state index in [0.29, 0.717) is 17.9 Å². The van der Waals surface area contributed by atoms with Crippen LogP contribution < -0.4 is 10.1 Å². The van der Waals surface area contributed by atoms with Crippen LogP contribution in [0.2, 0.25) is 0 Å². The van der Waals surface area contributed by atoms with E-state index in [1.54, 1.807) is 25.1 Å². The van der Waals surface area contributed by atoms with Crippen LogP contribution in [0.1, 0.15) is 25.8 Å². The van der Waals surface area contributed by atoms with Crippen molar-refractivity contribution >= 4 is 23.6 Å². The molecule has 0 atom stereocenters. The van der Waals surface area contributed by atoms with Crippen molar-refractivity contribution in [2.45, 2.75) is 20.3 Å². The van der Waals surface area contributed by atoms with Crippen molar-refractivity contribution in [1.82, 2.24) is 0 Å². The molecule has 0 aliphatic rings. The molecule has 5 nitrogen and oxygen atoms in total. The van der Waals surface area contributed by atoms with Crippen LogP contribution in [-0.4, -0.2) is 25.6 Å². The number of esters is 1. The first-order valence-corrected chi connectivity index (χ1v) is 6.45. The van der Waals surface area contributed by atoms with Crippen LogP contribution in [0.3, 0.4) is 0 Å². The maximum Gasteiger partial charge on any atom is 0.309 e. The third kappa shape index (κ3) is 5.25. The summed E-state index contributed by atoms with van der Waals surface area (Å²) in [6.07, 6.45) is 3.17. The van der Waals surface area contributed by atoms with Crippen LogP contribution in [-0.2, 0) is 14.3 Å². The molecule has 0 unspecified atom stereocenters. The second kappa shape index (κ2) is 8.04. The van der Waals surface area contributed by atoms with Gasteiger partial charge in [-0.25, -0.2) is 4.39 Å². The second-order valence-electron chi connectivity index (χ2n) is 4.17. The number of ether oxygens (including phenoxy) is 2. The van der Waals surface area contributed by atoms with Gasteiger partial charge in [-0.05, 0) is 13.0 Å². The van der Waals surface area contributed by atoms with Crippen LogP contribution in [0.5, 0.6) is 5.75 Å². The van der Waals surface area contributed by atoms with Gasteiger partial charge in [-0.2, -0.15) is 0 Å². The summed E-state index contributed by atoms with van der Waals surface area (Å²) < 4.78 is 23.6. The molecule has 0 bridgehead atoms. The van der Waals surface area contributed by atoms with E-state index < -0.39 is 5.82 Å². The molecule has 1 aromatic rings. The summed E-state index contributed by atoms with van der Waals surface area (Å²) in [6, 6.07) is 2.73. The van der Waals surface area contributed by atoms with E-state index in [9.17, 15) is 14.0 Å². The summed E-state index contributed by atoms with van der Waals surface area (Å²) in [7, 11) is 1.35. The molecule has 0 aliphatic heterocycles. The van der Waals surface area contributed by atoms with E-state index in [1.165, 1.54) is 20.1 Å². The number of anilines is 1. The van der Waals surface area contributed by atoms with Crippen molar-refractivity contribution in [2.24, 2.45) is 0 Å². The van der Waals surface area contributed by atoms with Gasteiger partial charge in [-0.3, -0.25) is 9.59 Å². The highest BCUT2D eigenvalue weighted by atomic mass is 19.1. The molecule has 0 aromatic heterocycles. The van der Waals surface area contributed by atoms with E-state index in [0.717, 1.165) is 0 Å². The number of nitrogens with one attached hydrogen (secondary N) is 1. The first-order valence-electron chi connectivity index (χ1n) is 6.45. The molecule has 0 aliphatic carbocycles. The lowest BCUT2D eigenvalue weighted by Crippen LogP contribution is -2.07. The fourth-order valence-electron chi connectivity index (χ4n) is 1.73. The highest BCUT2D eigenvalue weighted by Crippen LogP contribution is 2.28. The molecule has 0 saturated heterocycles. The average molecular weight is 295 g/mol. The predicted octanol–water partition coefficient (Wildman–Crippen LogP) is 2.76. The molecule has 0 heterocycles. The highest BCUT2D eigenvalue weighted by molar-refractivity contribution is 5.89. The largest absolute Gasteiger partial charge is 0.493 e. The van der Waals surface area contributed by atoms with Gasteiger partial charge in [-0.1, -0.05) is 12.2 Å². The van der Waals surface area contributed by atoms with Gasteiger partial charge in [0.25, 0.3) is 0 Å². The van der Waals surface area contributed by atoms with Crippen molar-refractivity contribution in [3.05, 3.63) is 29.6 Å². The fraction of sp³-hybridized carbons (Fsp3) is 0.333. The minimum absolute atomic E-state index is 0.0456. The number of halogens is 1. The van der Waals surface area contributed by atoms with Crippen LogP contribution >= 0.6 is 0 Å².